The van der Waals surface area contributed by atoms with Crippen molar-refractivity contribution in [2.75, 3.05) is 5.75 Å². The standard InChI is InChI=1S/C22H23ClN4O3S2/c1-12(2)24-21(30)25-17(28)11-31-22-26-19-18(15-5-3-4-6-16(15)32-19)20(29)27(22)14-9-7-13(23)8-10-14/h7-10,12H,3-6,11H2,1-2H3,(H2,24,25,28,30). The lowest BCUT2D eigenvalue weighted by Gasteiger charge is -2.14. The van der Waals surface area contributed by atoms with Crippen molar-refractivity contribution in [3.63, 3.8) is 0 Å². The van der Waals surface area contributed by atoms with Crippen molar-refractivity contribution in [1.82, 2.24) is 20.2 Å². The molecule has 0 saturated carbocycles. The molecular weight excluding hydrogens is 468 g/mol. The summed E-state index contributed by atoms with van der Waals surface area (Å²) in [7, 11) is 0. The van der Waals surface area contributed by atoms with Gasteiger partial charge in [0.15, 0.2) is 5.16 Å². The number of urea groups is 1. The Morgan fingerprint density at radius 2 is 1.94 bits per heavy atom. The second-order valence-electron chi connectivity index (χ2n) is 7.87. The van der Waals surface area contributed by atoms with E-state index in [9.17, 15) is 14.4 Å². The van der Waals surface area contributed by atoms with E-state index in [1.54, 1.807) is 35.6 Å². The molecule has 1 aromatic carbocycles. The Morgan fingerprint density at radius 3 is 2.66 bits per heavy atom. The summed E-state index contributed by atoms with van der Waals surface area (Å²) >= 11 is 8.73. The number of imide groups is 1. The first-order valence-corrected chi connectivity index (χ1v) is 12.6. The van der Waals surface area contributed by atoms with Crippen LogP contribution < -0.4 is 16.2 Å². The minimum absolute atomic E-state index is 0.0534. The Bertz CT molecular complexity index is 1230. The molecule has 0 unspecified atom stereocenters. The molecule has 4 rings (SSSR count). The van der Waals surface area contributed by atoms with Crippen LogP contribution in [0.3, 0.4) is 0 Å². The summed E-state index contributed by atoms with van der Waals surface area (Å²) in [6.45, 7) is 3.62. The number of benzene rings is 1. The molecule has 0 bridgehead atoms. The highest BCUT2D eigenvalue weighted by Crippen LogP contribution is 2.35. The van der Waals surface area contributed by atoms with Gasteiger partial charge in [-0.15, -0.1) is 11.3 Å². The molecule has 168 valence electrons. The number of thioether (sulfide) groups is 1. The first kappa shape index (κ1) is 22.8. The van der Waals surface area contributed by atoms with Crippen molar-refractivity contribution >= 4 is 56.9 Å². The van der Waals surface area contributed by atoms with Crippen LogP contribution in [0.25, 0.3) is 15.9 Å². The van der Waals surface area contributed by atoms with Gasteiger partial charge in [-0.25, -0.2) is 9.78 Å². The average molecular weight is 491 g/mol. The van der Waals surface area contributed by atoms with Gasteiger partial charge in [0.1, 0.15) is 4.83 Å². The largest absolute Gasteiger partial charge is 0.336 e. The number of thiophene rings is 1. The van der Waals surface area contributed by atoms with Gasteiger partial charge in [-0.3, -0.25) is 19.5 Å². The number of amides is 3. The van der Waals surface area contributed by atoms with E-state index in [0.717, 1.165) is 43.0 Å². The number of nitrogens with zero attached hydrogens (tertiary/aromatic N) is 2. The summed E-state index contributed by atoms with van der Waals surface area (Å²) in [5, 5.41) is 6.55. The van der Waals surface area contributed by atoms with Gasteiger partial charge in [-0.2, -0.15) is 0 Å². The number of aromatic nitrogens is 2. The Kier molecular flexibility index (Phi) is 6.88. The lowest BCUT2D eigenvalue weighted by molar-refractivity contribution is -0.117. The summed E-state index contributed by atoms with van der Waals surface area (Å²) in [4.78, 5) is 44.4. The van der Waals surface area contributed by atoms with E-state index in [1.807, 2.05) is 13.8 Å². The number of fused-ring (bicyclic) bond motifs is 3. The fourth-order valence-corrected chi connectivity index (χ4v) is 5.93. The molecule has 2 N–H and O–H groups in total. The zero-order valence-corrected chi connectivity index (χ0v) is 20.1. The zero-order chi connectivity index (χ0) is 22.8. The molecule has 0 fully saturated rings. The molecule has 0 atom stereocenters. The number of carbonyl (C=O) groups is 2. The van der Waals surface area contributed by atoms with E-state index in [4.69, 9.17) is 16.6 Å². The maximum absolute atomic E-state index is 13.6. The van der Waals surface area contributed by atoms with Crippen molar-refractivity contribution in [2.45, 2.75) is 50.7 Å². The predicted octanol–water partition coefficient (Wildman–Crippen LogP) is 4.31. The van der Waals surface area contributed by atoms with Crippen LogP contribution in [0.5, 0.6) is 0 Å². The molecule has 2 aromatic heterocycles. The Hall–Kier alpha value is -2.36. The highest BCUT2D eigenvalue weighted by atomic mass is 35.5. The van der Waals surface area contributed by atoms with Crippen LogP contribution >= 0.6 is 34.7 Å². The second kappa shape index (κ2) is 9.64. The van der Waals surface area contributed by atoms with Crippen molar-refractivity contribution in [3.05, 3.63) is 50.1 Å². The molecule has 2 heterocycles. The normalized spacial score (nSPS) is 13.2. The third-order valence-electron chi connectivity index (χ3n) is 5.05. The smallest absolute Gasteiger partial charge is 0.321 e. The molecule has 10 heteroatoms. The molecule has 1 aliphatic rings. The molecule has 0 saturated heterocycles. The summed E-state index contributed by atoms with van der Waals surface area (Å²) in [6, 6.07) is 6.32. The quantitative estimate of drug-likeness (QED) is 0.410. The third-order valence-corrected chi connectivity index (χ3v) is 7.42. The molecule has 1 aliphatic carbocycles. The molecule has 3 aromatic rings. The van der Waals surface area contributed by atoms with Gasteiger partial charge < -0.3 is 5.32 Å². The number of hydrogen-bond acceptors (Lipinski definition) is 6. The van der Waals surface area contributed by atoms with Gasteiger partial charge in [0.05, 0.1) is 16.8 Å². The molecule has 7 nitrogen and oxygen atoms in total. The lowest BCUT2D eigenvalue weighted by Crippen LogP contribution is -2.43. The summed E-state index contributed by atoms with van der Waals surface area (Å²) < 4.78 is 1.53. The van der Waals surface area contributed by atoms with Crippen LogP contribution in [0, 0.1) is 0 Å². The maximum atomic E-state index is 13.6. The first-order chi connectivity index (χ1) is 15.3. The predicted molar refractivity (Wildman–Crippen MR) is 129 cm³/mol. The van der Waals surface area contributed by atoms with Crippen molar-refractivity contribution < 1.29 is 9.59 Å². The minimum Gasteiger partial charge on any atom is -0.336 e. The summed E-state index contributed by atoms with van der Waals surface area (Å²) in [6.07, 6.45) is 4.03. The van der Waals surface area contributed by atoms with Gasteiger partial charge in [-0.1, -0.05) is 23.4 Å². The minimum atomic E-state index is -0.546. The molecular formula is C22H23ClN4O3S2. The summed E-state index contributed by atoms with van der Waals surface area (Å²) in [5.74, 6) is -0.516. The number of nitrogens with one attached hydrogen (secondary N) is 2. The second-order valence-corrected chi connectivity index (χ2v) is 10.3. The molecule has 3 amide bonds. The van der Waals surface area contributed by atoms with Crippen molar-refractivity contribution in [1.29, 1.82) is 0 Å². The Balaban J connectivity index is 1.71. The monoisotopic (exact) mass is 490 g/mol. The van der Waals surface area contributed by atoms with Crippen molar-refractivity contribution in [3.8, 4) is 5.69 Å². The average Bonchev–Trinajstić information content (AvgIpc) is 3.11. The Labute approximate surface area is 198 Å². The number of aryl methyl sites for hydroxylation is 2. The van der Waals surface area contributed by atoms with E-state index in [0.29, 0.717) is 26.1 Å². The highest BCUT2D eigenvalue weighted by Gasteiger charge is 2.23. The molecule has 0 spiro atoms. The SMILES string of the molecule is CC(C)NC(=O)NC(=O)CSc1nc2sc3c(c2c(=O)n1-c1ccc(Cl)cc1)CCCC3. The van der Waals surface area contributed by atoms with E-state index in [-0.39, 0.29) is 17.4 Å². The van der Waals surface area contributed by atoms with Gasteiger partial charge in [0, 0.05) is 15.9 Å². The topological polar surface area (TPSA) is 93.1 Å². The molecule has 0 radical (unpaired) electrons. The van der Waals surface area contributed by atoms with E-state index < -0.39 is 11.9 Å². The highest BCUT2D eigenvalue weighted by molar-refractivity contribution is 7.99. The van der Waals surface area contributed by atoms with Gasteiger partial charge in [0.2, 0.25) is 5.91 Å². The van der Waals surface area contributed by atoms with E-state index in [2.05, 4.69) is 10.6 Å². The van der Waals surface area contributed by atoms with Gasteiger partial charge >= 0.3 is 6.03 Å². The number of carbonyl (C=O) groups excluding carboxylic acids is 2. The van der Waals surface area contributed by atoms with Crippen LogP contribution in [-0.2, 0) is 17.6 Å². The first-order valence-electron chi connectivity index (χ1n) is 10.4. The van der Waals surface area contributed by atoms with Crippen LogP contribution in [0.2, 0.25) is 5.02 Å². The third kappa shape index (κ3) is 4.84. The van der Waals surface area contributed by atoms with E-state index in [1.165, 1.54) is 9.44 Å². The zero-order valence-electron chi connectivity index (χ0n) is 17.7. The number of rotatable bonds is 5. The number of hydrogen-bond donors (Lipinski definition) is 2. The van der Waals surface area contributed by atoms with Gasteiger partial charge in [0.25, 0.3) is 5.56 Å². The van der Waals surface area contributed by atoms with E-state index >= 15 is 0 Å². The fourth-order valence-electron chi connectivity index (χ4n) is 3.69. The van der Waals surface area contributed by atoms with Crippen LogP contribution in [-0.4, -0.2) is 33.3 Å². The van der Waals surface area contributed by atoms with Crippen LogP contribution in [0.15, 0.2) is 34.2 Å². The summed E-state index contributed by atoms with van der Waals surface area (Å²) in [5.41, 5.74) is 1.60. The Morgan fingerprint density at radius 1 is 1.22 bits per heavy atom. The number of halogens is 1. The van der Waals surface area contributed by atoms with Crippen molar-refractivity contribution in [2.24, 2.45) is 0 Å². The fraction of sp³-hybridized carbons (Fsp3) is 0.364. The lowest BCUT2D eigenvalue weighted by atomic mass is 9.97. The molecule has 32 heavy (non-hydrogen) atoms. The van der Waals surface area contributed by atoms with Crippen LogP contribution in [0.4, 0.5) is 4.79 Å². The maximum Gasteiger partial charge on any atom is 0.321 e. The van der Waals surface area contributed by atoms with Crippen LogP contribution in [0.1, 0.15) is 37.1 Å². The molecule has 0 aliphatic heterocycles. The van der Waals surface area contributed by atoms with Gasteiger partial charge in [-0.05, 0) is 69.4 Å².